The van der Waals surface area contributed by atoms with Gasteiger partial charge in [-0.3, -0.25) is 0 Å². The lowest BCUT2D eigenvalue weighted by Crippen LogP contribution is -2.43. The summed E-state index contributed by atoms with van der Waals surface area (Å²) in [5, 5.41) is 10.1. The molecule has 1 aliphatic carbocycles. The first kappa shape index (κ1) is 11.3. The molecule has 0 aromatic heterocycles. The molecule has 1 saturated carbocycles. The van der Waals surface area contributed by atoms with Gasteiger partial charge >= 0.3 is 0 Å². The summed E-state index contributed by atoms with van der Waals surface area (Å²) in [6.45, 7) is 2.02. The standard InChI is InChI=1S/C14H18O2/c1-11-5-7-12(8-6-11)14(10-15)9-3-2-4-13(14)16/h5-8,10,13,16H,2-4,9H2,1H3. The summed E-state index contributed by atoms with van der Waals surface area (Å²) < 4.78 is 0. The second-order valence-electron chi connectivity index (χ2n) is 4.79. The van der Waals surface area contributed by atoms with E-state index in [0.717, 1.165) is 37.5 Å². The van der Waals surface area contributed by atoms with E-state index >= 15 is 0 Å². The summed E-state index contributed by atoms with van der Waals surface area (Å²) in [4.78, 5) is 11.4. The molecule has 1 N–H and O–H groups in total. The number of aliphatic hydroxyl groups excluding tert-OH is 1. The highest BCUT2D eigenvalue weighted by atomic mass is 16.3. The lowest BCUT2D eigenvalue weighted by molar-refractivity contribution is -0.118. The van der Waals surface area contributed by atoms with Gasteiger partial charge in [0.05, 0.1) is 11.5 Å². The van der Waals surface area contributed by atoms with Crippen molar-refractivity contribution in [2.45, 2.75) is 44.1 Å². The van der Waals surface area contributed by atoms with E-state index in [2.05, 4.69) is 0 Å². The van der Waals surface area contributed by atoms with Crippen LogP contribution in [0.25, 0.3) is 0 Å². The first-order valence-electron chi connectivity index (χ1n) is 5.90. The maximum absolute atomic E-state index is 11.4. The zero-order valence-corrected chi connectivity index (χ0v) is 9.65. The van der Waals surface area contributed by atoms with Gasteiger partial charge in [-0.2, -0.15) is 0 Å². The van der Waals surface area contributed by atoms with E-state index in [4.69, 9.17) is 0 Å². The Morgan fingerprint density at radius 1 is 1.31 bits per heavy atom. The third-order valence-corrected chi connectivity index (χ3v) is 3.71. The number of benzene rings is 1. The van der Waals surface area contributed by atoms with Crippen LogP contribution < -0.4 is 0 Å². The van der Waals surface area contributed by atoms with Crippen LogP contribution >= 0.6 is 0 Å². The third-order valence-electron chi connectivity index (χ3n) is 3.71. The van der Waals surface area contributed by atoms with Crippen molar-refractivity contribution in [2.75, 3.05) is 0 Å². The van der Waals surface area contributed by atoms with E-state index in [1.807, 2.05) is 31.2 Å². The third kappa shape index (κ3) is 1.78. The Kier molecular flexibility index (Phi) is 3.10. The fourth-order valence-electron chi connectivity index (χ4n) is 2.59. The lowest BCUT2D eigenvalue weighted by atomic mass is 9.68. The molecule has 2 heteroatoms. The summed E-state index contributed by atoms with van der Waals surface area (Å²) in [5.74, 6) is 0. The van der Waals surface area contributed by atoms with Gasteiger partial charge in [0.15, 0.2) is 0 Å². The number of aliphatic hydroxyl groups is 1. The summed E-state index contributed by atoms with van der Waals surface area (Å²) in [6.07, 6.45) is 3.95. The Hall–Kier alpha value is -1.15. The SMILES string of the molecule is Cc1ccc(C2(C=O)CCCCC2O)cc1. The fraction of sp³-hybridized carbons (Fsp3) is 0.500. The molecule has 1 aromatic rings. The van der Waals surface area contributed by atoms with Crippen molar-refractivity contribution < 1.29 is 9.90 Å². The zero-order valence-electron chi connectivity index (χ0n) is 9.65. The van der Waals surface area contributed by atoms with Crippen LogP contribution in [0.4, 0.5) is 0 Å². The van der Waals surface area contributed by atoms with E-state index in [1.165, 1.54) is 5.56 Å². The van der Waals surface area contributed by atoms with E-state index in [1.54, 1.807) is 0 Å². The van der Waals surface area contributed by atoms with Crippen molar-refractivity contribution >= 4 is 6.29 Å². The van der Waals surface area contributed by atoms with Crippen LogP contribution in [-0.4, -0.2) is 17.5 Å². The average Bonchev–Trinajstić information content (AvgIpc) is 2.31. The van der Waals surface area contributed by atoms with Crippen LogP contribution in [0.2, 0.25) is 0 Å². The van der Waals surface area contributed by atoms with Crippen LogP contribution in [0, 0.1) is 6.92 Å². The summed E-state index contributed by atoms with van der Waals surface area (Å²) in [6, 6.07) is 7.94. The Morgan fingerprint density at radius 3 is 2.56 bits per heavy atom. The molecule has 86 valence electrons. The molecule has 0 bridgehead atoms. The normalized spacial score (nSPS) is 30.0. The fourth-order valence-corrected chi connectivity index (χ4v) is 2.59. The Morgan fingerprint density at radius 2 is 2.00 bits per heavy atom. The molecule has 2 unspecified atom stereocenters. The van der Waals surface area contributed by atoms with E-state index in [0.29, 0.717) is 0 Å². The van der Waals surface area contributed by atoms with E-state index < -0.39 is 11.5 Å². The first-order valence-corrected chi connectivity index (χ1v) is 5.90. The summed E-state index contributed by atoms with van der Waals surface area (Å²) >= 11 is 0. The predicted molar refractivity (Wildman–Crippen MR) is 63.4 cm³/mol. The highest BCUT2D eigenvalue weighted by Gasteiger charge is 2.41. The van der Waals surface area contributed by atoms with E-state index in [9.17, 15) is 9.90 Å². The highest BCUT2D eigenvalue weighted by molar-refractivity contribution is 5.70. The molecule has 1 fully saturated rings. The Labute approximate surface area is 96.3 Å². The highest BCUT2D eigenvalue weighted by Crippen LogP contribution is 2.38. The van der Waals surface area contributed by atoms with Gasteiger partial charge in [0.25, 0.3) is 0 Å². The zero-order chi connectivity index (χ0) is 11.6. The van der Waals surface area contributed by atoms with Crippen LogP contribution in [0.3, 0.4) is 0 Å². The second-order valence-corrected chi connectivity index (χ2v) is 4.79. The molecule has 1 aromatic carbocycles. The monoisotopic (exact) mass is 218 g/mol. The number of rotatable bonds is 2. The quantitative estimate of drug-likeness (QED) is 0.774. The largest absolute Gasteiger partial charge is 0.392 e. The van der Waals surface area contributed by atoms with Crippen molar-refractivity contribution in [3.8, 4) is 0 Å². The molecule has 16 heavy (non-hydrogen) atoms. The van der Waals surface area contributed by atoms with E-state index in [-0.39, 0.29) is 0 Å². The summed E-state index contributed by atoms with van der Waals surface area (Å²) in [7, 11) is 0. The summed E-state index contributed by atoms with van der Waals surface area (Å²) in [5.41, 5.74) is 1.47. The number of carbonyl (C=O) groups excluding carboxylic acids is 1. The minimum absolute atomic E-state index is 0.526. The molecule has 2 atom stereocenters. The molecule has 0 saturated heterocycles. The maximum atomic E-state index is 11.4. The molecular weight excluding hydrogens is 200 g/mol. The van der Waals surface area contributed by atoms with Gasteiger partial charge in [-0.25, -0.2) is 0 Å². The predicted octanol–water partition coefficient (Wildman–Crippen LogP) is 2.37. The van der Waals surface area contributed by atoms with Gasteiger partial charge in [-0.1, -0.05) is 42.7 Å². The molecule has 2 rings (SSSR count). The molecular formula is C14H18O2. The van der Waals surface area contributed by atoms with Crippen LogP contribution in [0.1, 0.15) is 36.8 Å². The Balaban J connectivity index is 2.39. The number of hydrogen-bond donors (Lipinski definition) is 1. The number of aryl methyl sites for hydroxylation is 1. The first-order chi connectivity index (χ1) is 7.69. The molecule has 0 heterocycles. The van der Waals surface area contributed by atoms with Gasteiger partial charge in [-0.05, 0) is 25.3 Å². The van der Waals surface area contributed by atoms with Crippen molar-refractivity contribution in [2.24, 2.45) is 0 Å². The van der Waals surface area contributed by atoms with Gasteiger partial charge < -0.3 is 9.90 Å². The molecule has 0 radical (unpaired) electrons. The van der Waals surface area contributed by atoms with Gasteiger partial charge in [0, 0.05) is 0 Å². The smallest absolute Gasteiger partial charge is 0.133 e. The molecule has 0 spiro atoms. The molecule has 1 aliphatic rings. The van der Waals surface area contributed by atoms with Gasteiger partial charge in [0.1, 0.15) is 6.29 Å². The van der Waals surface area contributed by atoms with Gasteiger partial charge in [-0.15, -0.1) is 0 Å². The second kappa shape index (κ2) is 4.38. The minimum Gasteiger partial charge on any atom is -0.392 e. The number of carbonyl (C=O) groups is 1. The average molecular weight is 218 g/mol. The maximum Gasteiger partial charge on any atom is 0.133 e. The van der Waals surface area contributed by atoms with Gasteiger partial charge in [0.2, 0.25) is 0 Å². The lowest BCUT2D eigenvalue weighted by Gasteiger charge is -2.37. The topological polar surface area (TPSA) is 37.3 Å². The van der Waals surface area contributed by atoms with Crippen molar-refractivity contribution in [3.05, 3.63) is 35.4 Å². The Bertz CT molecular complexity index is 369. The number of aldehydes is 1. The van der Waals surface area contributed by atoms with Crippen molar-refractivity contribution in [1.82, 2.24) is 0 Å². The number of hydrogen-bond acceptors (Lipinski definition) is 2. The minimum atomic E-state index is -0.661. The van der Waals surface area contributed by atoms with Crippen LogP contribution in [0.15, 0.2) is 24.3 Å². The van der Waals surface area contributed by atoms with Crippen molar-refractivity contribution in [1.29, 1.82) is 0 Å². The molecule has 0 aliphatic heterocycles. The molecule has 0 amide bonds. The van der Waals surface area contributed by atoms with Crippen LogP contribution in [-0.2, 0) is 10.2 Å². The van der Waals surface area contributed by atoms with Crippen molar-refractivity contribution in [3.63, 3.8) is 0 Å². The molecule has 2 nitrogen and oxygen atoms in total. The van der Waals surface area contributed by atoms with Crippen LogP contribution in [0.5, 0.6) is 0 Å².